The average Bonchev–Trinajstić information content (AvgIpc) is 2.81. The zero-order chi connectivity index (χ0) is 12.3. The fourth-order valence-electron chi connectivity index (χ4n) is 1.69. The molecule has 5 nitrogen and oxygen atoms in total. The molecule has 1 fully saturated rings. The van der Waals surface area contributed by atoms with E-state index in [1.165, 1.54) is 7.11 Å². The first kappa shape index (κ1) is 13.0. The van der Waals surface area contributed by atoms with Crippen molar-refractivity contribution in [2.24, 2.45) is 11.3 Å². The molecule has 1 amide bonds. The van der Waals surface area contributed by atoms with E-state index in [2.05, 4.69) is 5.32 Å². The van der Waals surface area contributed by atoms with Crippen LogP contribution in [0.2, 0.25) is 0 Å². The second-order valence-corrected chi connectivity index (χ2v) is 4.95. The third-order valence-electron chi connectivity index (χ3n) is 3.07. The Kier molecular flexibility index (Phi) is 3.91. The highest BCUT2D eigenvalue weighted by Crippen LogP contribution is 2.51. The summed E-state index contributed by atoms with van der Waals surface area (Å²) < 4.78 is 4.97. The number of carboxylic acid groups (broad SMARTS) is 1. The molecule has 2 N–H and O–H groups in total. The van der Waals surface area contributed by atoms with E-state index >= 15 is 0 Å². The topological polar surface area (TPSA) is 75.6 Å². The third kappa shape index (κ3) is 3.48. The van der Waals surface area contributed by atoms with Crippen LogP contribution in [0.1, 0.15) is 26.7 Å². The minimum absolute atomic E-state index is 0.00237. The van der Waals surface area contributed by atoms with Crippen LogP contribution >= 0.6 is 0 Å². The van der Waals surface area contributed by atoms with Gasteiger partial charge in [-0.15, -0.1) is 0 Å². The Labute approximate surface area is 95.2 Å². The van der Waals surface area contributed by atoms with Gasteiger partial charge in [-0.25, -0.2) is 0 Å². The van der Waals surface area contributed by atoms with Gasteiger partial charge in [0.25, 0.3) is 0 Å². The number of rotatable bonds is 6. The van der Waals surface area contributed by atoms with Crippen molar-refractivity contribution in [2.45, 2.75) is 32.8 Å². The second-order valence-electron chi connectivity index (χ2n) is 4.95. The minimum Gasteiger partial charge on any atom is -0.481 e. The van der Waals surface area contributed by atoms with E-state index in [0.29, 0.717) is 0 Å². The van der Waals surface area contributed by atoms with Crippen LogP contribution in [0.3, 0.4) is 0 Å². The maximum atomic E-state index is 11.6. The quantitative estimate of drug-likeness (QED) is 0.700. The lowest BCUT2D eigenvalue weighted by molar-refractivity contribution is -0.140. The van der Waals surface area contributed by atoms with Crippen molar-refractivity contribution >= 4 is 11.9 Å². The predicted octanol–water partition coefficient (Wildman–Crippen LogP) is 0.638. The molecule has 0 aromatic rings. The number of hydrogen-bond donors (Lipinski definition) is 2. The highest BCUT2D eigenvalue weighted by atomic mass is 16.5. The molecule has 92 valence electrons. The van der Waals surface area contributed by atoms with E-state index in [1.54, 1.807) is 0 Å². The molecule has 0 aromatic heterocycles. The first-order valence-corrected chi connectivity index (χ1v) is 5.39. The van der Waals surface area contributed by atoms with Gasteiger partial charge in [0.05, 0.1) is 12.5 Å². The van der Waals surface area contributed by atoms with Crippen molar-refractivity contribution in [3.63, 3.8) is 0 Å². The Morgan fingerprint density at radius 1 is 1.56 bits per heavy atom. The Morgan fingerprint density at radius 2 is 2.12 bits per heavy atom. The molecule has 2 atom stereocenters. The first-order chi connectivity index (χ1) is 7.36. The van der Waals surface area contributed by atoms with E-state index in [9.17, 15) is 9.59 Å². The number of aliphatic carboxylic acids is 1. The Bertz CT molecular complexity index is 288. The molecule has 1 rings (SSSR count). The maximum Gasteiger partial charge on any atom is 0.306 e. The molecule has 0 aliphatic heterocycles. The fourth-order valence-corrected chi connectivity index (χ4v) is 1.69. The summed E-state index contributed by atoms with van der Waals surface area (Å²) in [4.78, 5) is 22.1. The fraction of sp³-hybridized carbons (Fsp3) is 0.818. The van der Waals surface area contributed by atoms with Gasteiger partial charge in [0.1, 0.15) is 0 Å². The van der Waals surface area contributed by atoms with Crippen LogP contribution in [-0.4, -0.2) is 36.7 Å². The Hall–Kier alpha value is -1.10. The van der Waals surface area contributed by atoms with Crippen molar-refractivity contribution in [3.05, 3.63) is 0 Å². The lowest BCUT2D eigenvalue weighted by Crippen LogP contribution is -2.35. The van der Waals surface area contributed by atoms with Crippen LogP contribution in [0.5, 0.6) is 0 Å². The Balaban J connectivity index is 2.28. The Morgan fingerprint density at radius 3 is 2.50 bits per heavy atom. The number of carboxylic acids is 1. The van der Waals surface area contributed by atoms with Crippen LogP contribution < -0.4 is 5.32 Å². The number of methoxy groups -OCH3 is 1. The molecule has 0 heterocycles. The van der Waals surface area contributed by atoms with Gasteiger partial charge in [0.2, 0.25) is 5.91 Å². The van der Waals surface area contributed by atoms with E-state index in [0.717, 1.165) is 6.42 Å². The van der Waals surface area contributed by atoms with Gasteiger partial charge in [-0.1, -0.05) is 13.8 Å². The van der Waals surface area contributed by atoms with Crippen molar-refractivity contribution < 1.29 is 19.4 Å². The normalized spacial score (nSPS) is 23.6. The summed E-state index contributed by atoms with van der Waals surface area (Å²) in [6, 6.07) is 0. The largest absolute Gasteiger partial charge is 0.481 e. The minimum atomic E-state index is -0.923. The highest BCUT2D eigenvalue weighted by molar-refractivity contribution is 5.82. The zero-order valence-corrected chi connectivity index (χ0v) is 9.95. The van der Waals surface area contributed by atoms with Crippen molar-refractivity contribution in [2.75, 3.05) is 13.7 Å². The number of ether oxygens (including phenoxy) is 1. The summed E-state index contributed by atoms with van der Waals surface area (Å²) in [6.07, 6.45) is 0.351. The van der Waals surface area contributed by atoms with Crippen molar-refractivity contribution in [3.8, 4) is 0 Å². The van der Waals surface area contributed by atoms with E-state index in [4.69, 9.17) is 9.84 Å². The van der Waals surface area contributed by atoms with Crippen LogP contribution in [-0.2, 0) is 14.3 Å². The highest BCUT2D eigenvalue weighted by Gasteiger charge is 2.50. The monoisotopic (exact) mass is 229 g/mol. The summed E-state index contributed by atoms with van der Waals surface area (Å²) in [5.74, 6) is -0.861. The van der Waals surface area contributed by atoms with E-state index in [1.807, 2.05) is 13.8 Å². The van der Waals surface area contributed by atoms with Crippen LogP contribution in [0.15, 0.2) is 0 Å². The smallest absolute Gasteiger partial charge is 0.306 e. The molecular formula is C11H19NO4. The van der Waals surface area contributed by atoms with Gasteiger partial charge < -0.3 is 15.2 Å². The number of carbonyl (C=O) groups is 2. The van der Waals surface area contributed by atoms with Gasteiger partial charge >= 0.3 is 5.97 Å². The SMILES string of the molecule is COC(CNC(=O)C1CC1(C)C)CC(=O)O. The molecule has 0 bridgehead atoms. The summed E-state index contributed by atoms with van der Waals surface area (Å²) in [7, 11) is 1.45. The zero-order valence-electron chi connectivity index (χ0n) is 9.95. The van der Waals surface area contributed by atoms with Gasteiger partial charge in [-0.2, -0.15) is 0 Å². The van der Waals surface area contributed by atoms with Crippen molar-refractivity contribution in [1.82, 2.24) is 5.32 Å². The summed E-state index contributed by atoms with van der Waals surface area (Å²) >= 11 is 0. The van der Waals surface area contributed by atoms with E-state index in [-0.39, 0.29) is 30.2 Å². The molecule has 1 saturated carbocycles. The second kappa shape index (κ2) is 4.82. The van der Waals surface area contributed by atoms with Crippen LogP contribution in [0.4, 0.5) is 0 Å². The number of carbonyl (C=O) groups excluding carboxylic acids is 1. The number of amides is 1. The standard InChI is InChI=1S/C11H19NO4/c1-11(2)5-8(11)10(15)12-6-7(16-3)4-9(13)14/h7-8H,4-6H2,1-3H3,(H,12,15)(H,13,14). The molecule has 16 heavy (non-hydrogen) atoms. The van der Waals surface area contributed by atoms with Gasteiger partial charge in [-0.05, 0) is 11.8 Å². The molecule has 0 aromatic carbocycles. The first-order valence-electron chi connectivity index (χ1n) is 5.39. The lowest BCUT2D eigenvalue weighted by Gasteiger charge is -2.14. The molecular weight excluding hydrogens is 210 g/mol. The van der Waals surface area contributed by atoms with Crippen molar-refractivity contribution in [1.29, 1.82) is 0 Å². The van der Waals surface area contributed by atoms with Crippen LogP contribution in [0, 0.1) is 11.3 Å². The molecule has 2 unspecified atom stereocenters. The molecule has 0 saturated heterocycles. The maximum absolute atomic E-state index is 11.6. The molecule has 1 aliphatic rings. The predicted molar refractivity (Wildman–Crippen MR) is 57.9 cm³/mol. The van der Waals surface area contributed by atoms with Crippen LogP contribution in [0.25, 0.3) is 0 Å². The van der Waals surface area contributed by atoms with Gasteiger partial charge in [0, 0.05) is 19.6 Å². The summed E-state index contributed by atoms with van der Waals surface area (Å²) in [5, 5.41) is 11.3. The molecule has 1 aliphatic carbocycles. The summed E-state index contributed by atoms with van der Waals surface area (Å²) in [5.41, 5.74) is 0.0967. The third-order valence-corrected chi connectivity index (χ3v) is 3.07. The molecule has 0 radical (unpaired) electrons. The number of nitrogens with one attached hydrogen (secondary N) is 1. The van der Waals surface area contributed by atoms with Gasteiger partial charge in [-0.3, -0.25) is 9.59 Å². The van der Waals surface area contributed by atoms with Gasteiger partial charge in [0.15, 0.2) is 0 Å². The van der Waals surface area contributed by atoms with E-state index < -0.39 is 12.1 Å². The summed E-state index contributed by atoms with van der Waals surface area (Å²) in [6.45, 7) is 4.35. The average molecular weight is 229 g/mol. The molecule has 5 heteroatoms. The molecule has 0 spiro atoms. The number of hydrogen-bond acceptors (Lipinski definition) is 3. The lowest BCUT2D eigenvalue weighted by atomic mass is 10.1.